The molecule has 0 heterocycles. The fourth-order valence-electron chi connectivity index (χ4n) is 4.76. The van der Waals surface area contributed by atoms with Crippen molar-refractivity contribution in [1.29, 1.82) is 0 Å². The van der Waals surface area contributed by atoms with Crippen LogP contribution < -0.4 is 14.8 Å². The highest BCUT2D eigenvalue weighted by molar-refractivity contribution is 5.79. The summed E-state index contributed by atoms with van der Waals surface area (Å²) in [6, 6.07) is 14.3. The Hall–Kier alpha value is -2.57. The highest BCUT2D eigenvalue weighted by atomic mass is 16.5. The van der Waals surface area contributed by atoms with Crippen molar-refractivity contribution in [3.8, 4) is 11.5 Å². The summed E-state index contributed by atoms with van der Waals surface area (Å²) in [4.78, 5) is 12.5. The van der Waals surface area contributed by atoms with Crippen LogP contribution in [0, 0.1) is 5.92 Å². The molecule has 0 radical (unpaired) electrons. The Labute approximate surface area is 242 Å². The van der Waals surface area contributed by atoms with Crippen molar-refractivity contribution in [2.24, 2.45) is 5.92 Å². The SMILES string of the molecule is COc1ccc(CCC(=O)C[C@@H](O)CCCCCCCc2cccc(NC[C@H](C)O)c2)cc1OCCCC(C)C. The second-order valence-corrected chi connectivity index (χ2v) is 11.5. The van der Waals surface area contributed by atoms with E-state index in [0.29, 0.717) is 44.1 Å². The lowest BCUT2D eigenvalue weighted by Gasteiger charge is -2.13. The third-order valence-corrected chi connectivity index (χ3v) is 7.10. The largest absolute Gasteiger partial charge is 0.493 e. The summed E-state index contributed by atoms with van der Waals surface area (Å²) in [5.41, 5.74) is 3.41. The lowest BCUT2D eigenvalue weighted by molar-refractivity contribution is -0.121. The number of carbonyl (C=O) groups is 1. The summed E-state index contributed by atoms with van der Waals surface area (Å²) in [5.74, 6) is 2.20. The van der Waals surface area contributed by atoms with Crippen LogP contribution in [-0.2, 0) is 17.6 Å². The third kappa shape index (κ3) is 14.7. The molecule has 6 heteroatoms. The van der Waals surface area contributed by atoms with E-state index >= 15 is 0 Å². The molecule has 2 rings (SSSR count). The van der Waals surface area contributed by atoms with Gasteiger partial charge in [0, 0.05) is 25.1 Å². The van der Waals surface area contributed by atoms with E-state index in [-0.39, 0.29) is 18.3 Å². The van der Waals surface area contributed by atoms with Gasteiger partial charge >= 0.3 is 0 Å². The van der Waals surface area contributed by atoms with E-state index in [1.165, 1.54) is 5.56 Å². The first-order chi connectivity index (χ1) is 19.3. The minimum absolute atomic E-state index is 0.105. The zero-order valence-corrected chi connectivity index (χ0v) is 25.3. The van der Waals surface area contributed by atoms with Crippen LogP contribution in [0.1, 0.15) is 96.1 Å². The van der Waals surface area contributed by atoms with Gasteiger partial charge in [-0.05, 0) is 86.8 Å². The van der Waals surface area contributed by atoms with Crippen LogP contribution in [0.2, 0.25) is 0 Å². The Kier molecular flexibility index (Phi) is 16.4. The summed E-state index contributed by atoms with van der Waals surface area (Å²) in [5, 5.41) is 23.0. The average Bonchev–Trinajstić information content (AvgIpc) is 2.92. The van der Waals surface area contributed by atoms with Crippen molar-refractivity contribution in [2.75, 3.05) is 25.6 Å². The third-order valence-electron chi connectivity index (χ3n) is 7.10. The van der Waals surface area contributed by atoms with Crippen molar-refractivity contribution < 1.29 is 24.5 Å². The van der Waals surface area contributed by atoms with Gasteiger partial charge in [0.15, 0.2) is 11.5 Å². The van der Waals surface area contributed by atoms with Crippen molar-refractivity contribution in [3.05, 3.63) is 53.6 Å². The molecule has 3 N–H and O–H groups in total. The molecule has 0 unspecified atom stereocenters. The minimum atomic E-state index is -0.555. The number of rotatable bonds is 22. The predicted molar refractivity (Wildman–Crippen MR) is 165 cm³/mol. The van der Waals surface area contributed by atoms with E-state index in [1.807, 2.05) is 24.3 Å². The highest BCUT2D eigenvalue weighted by Crippen LogP contribution is 2.29. The van der Waals surface area contributed by atoms with Gasteiger partial charge in [0.2, 0.25) is 0 Å². The maximum absolute atomic E-state index is 12.5. The fourth-order valence-corrected chi connectivity index (χ4v) is 4.76. The first-order valence-corrected chi connectivity index (χ1v) is 15.3. The van der Waals surface area contributed by atoms with Gasteiger partial charge in [-0.3, -0.25) is 4.79 Å². The van der Waals surface area contributed by atoms with Crippen LogP contribution in [0.4, 0.5) is 5.69 Å². The number of ketones is 1. The normalized spacial score (nSPS) is 12.8. The monoisotopic (exact) mass is 555 g/mol. The lowest BCUT2D eigenvalue weighted by atomic mass is 10.00. The number of benzene rings is 2. The Balaban J connectivity index is 1.58. The summed E-state index contributed by atoms with van der Waals surface area (Å²) >= 11 is 0. The smallest absolute Gasteiger partial charge is 0.161 e. The molecule has 0 saturated heterocycles. The number of aryl methyl sites for hydroxylation is 2. The van der Waals surface area contributed by atoms with Gasteiger partial charge < -0.3 is 25.0 Å². The topological polar surface area (TPSA) is 88.0 Å². The molecule has 0 bridgehead atoms. The van der Waals surface area contributed by atoms with Crippen LogP contribution >= 0.6 is 0 Å². The van der Waals surface area contributed by atoms with E-state index < -0.39 is 6.10 Å². The molecule has 0 aromatic heterocycles. The molecule has 0 saturated carbocycles. The molecular weight excluding hydrogens is 502 g/mol. The van der Waals surface area contributed by atoms with Gasteiger partial charge in [0.25, 0.3) is 0 Å². The minimum Gasteiger partial charge on any atom is -0.493 e. The molecule has 2 aromatic rings. The van der Waals surface area contributed by atoms with Gasteiger partial charge in [-0.2, -0.15) is 0 Å². The zero-order chi connectivity index (χ0) is 29.2. The number of aliphatic hydroxyl groups is 2. The Morgan fingerprint density at radius 3 is 2.35 bits per heavy atom. The number of hydrogen-bond donors (Lipinski definition) is 3. The fraction of sp³-hybridized carbons (Fsp3) is 0.618. The zero-order valence-electron chi connectivity index (χ0n) is 25.3. The average molecular weight is 556 g/mol. The lowest BCUT2D eigenvalue weighted by Crippen LogP contribution is -2.15. The van der Waals surface area contributed by atoms with Crippen LogP contribution in [0.25, 0.3) is 0 Å². The molecule has 0 fully saturated rings. The van der Waals surface area contributed by atoms with E-state index in [1.54, 1.807) is 14.0 Å². The molecular formula is C34H53NO5. The number of Topliss-reactive ketones (excluding diaryl/α,β-unsaturated/α-hetero) is 1. The van der Waals surface area contributed by atoms with Crippen molar-refractivity contribution in [3.63, 3.8) is 0 Å². The maximum atomic E-state index is 12.5. The predicted octanol–water partition coefficient (Wildman–Crippen LogP) is 7.14. The molecule has 224 valence electrons. The maximum Gasteiger partial charge on any atom is 0.161 e. The first-order valence-electron chi connectivity index (χ1n) is 15.3. The van der Waals surface area contributed by atoms with Gasteiger partial charge in [-0.15, -0.1) is 0 Å². The molecule has 0 amide bonds. The Morgan fingerprint density at radius 1 is 0.850 bits per heavy atom. The second-order valence-electron chi connectivity index (χ2n) is 11.5. The molecule has 0 aliphatic heterocycles. The van der Waals surface area contributed by atoms with Crippen molar-refractivity contribution in [2.45, 2.75) is 110 Å². The molecule has 0 aliphatic carbocycles. The first kappa shape index (κ1) is 33.6. The number of methoxy groups -OCH3 is 1. The molecule has 0 spiro atoms. The van der Waals surface area contributed by atoms with Crippen LogP contribution in [-0.4, -0.2) is 48.5 Å². The van der Waals surface area contributed by atoms with Gasteiger partial charge in [-0.1, -0.05) is 57.7 Å². The quantitative estimate of drug-likeness (QED) is 0.134. The summed E-state index contributed by atoms with van der Waals surface area (Å²) in [7, 11) is 1.64. The molecule has 2 aromatic carbocycles. The summed E-state index contributed by atoms with van der Waals surface area (Å²) in [6.07, 6.45) is 9.67. The number of carbonyl (C=O) groups excluding carboxylic acids is 1. The van der Waals surface area contributed by atoms with Gasteiger partial charge in [0.05, 0.1) is 25.9 Å². The summed E-state index contributed by atoms with van der Waals surface area (Å²) in [6.45, 7) is 7.40. The number of hydrogen-bond acceptors (Lipinski definition) is 6. The molecule has 40 heavy (non-hydrogen) atoms. The number of unbranched alkanes of at least 4 members (excludes halogenated alkanes) is 4. The Bertz CT molecular complexity index is 975. The Morgan fingerprint density at radius 2 is 1.60 bits per heavy atom. The summed E-state index contributed by atoms with van der Waals surface area (Å²) < 4.78 is 11.4. The van der Waals surface area contributed by atoms with E-state index in [2.05, 4.69) is 37.4 Å². The van der Waals surface area contributed by atoms with Gasteiger partial charge in [0.1, 0.15) is 5.78 Å². The van der Waals surface area contributed by atoms with E-state index in [4.69, 9.17) is 9.47 Å². The highest BCUT2D eigenvalue weighted by Gasteiger charge is 2.12. The van der Waals surface area contributed by atoms with Crippen LogP contribution in [0.5, 0.6) is 11.5 Å². The number of ether oxygens (including phenoxy) is 2. The number of nitrogens with one attached hydrogen (secondary N) is 1. The molecule has 6 nitrogen and oxygen atoms in total. The van der Waals surface area contributed by atoms with E-state index in [0.717, 1.165) is 68.4 Å². The van der Waals surface area contributed by atoms with E-state index in [9.17, 15) is 15.0 Å². The van der Waals surface area contributed by atoms with Crippen molar-refractivity contribution >= 4 is 11.5 Å². The molecule has 2 atom stereocenters. The van der Waals surface area contributed by atoms with Crippen molar-refractivity contribution in [1.82, 2.24) is 0 Å². The second kappa shape index (κ2) is 19.5. The standard InChI is InChI=1S/C34H53NO5/c1-26(2)12-11-21-40-34-23-29(18-20-33(34)39-4)17-19-32(38)24-31(37)16-9-7-5-6-8-13-28-14-10-15-30(22-28)35-25-27(3)36/h10,14-15,18,20,22-23,26-27,31,35-37H,5-9,11-13,16-17,19,21,24-25H2,1-4H3/t27-,31-/m0/s1. The number of anilines is 1. The van der Waals surface area contributed by atoms with Gasteiger partial charge in [-0.25, -0.2) is 0 Å². The van der Waals surface area contributed by atoms with Crippen LogP contribution in [0.15, 0.2) is 42.5 Å². The molecule has 0 aliphatic rings. The van der Waals surface area contributed by atoms with Crippen LogP contribution in [0.3, 0.4) is 0 Å². The number of aliphatic hydroxyl groups excluding tert-OH is 2.